The van der Waals surface area contributed by atoms with E-state index in [0.717, 1.165) is 31.5 Å². The maximum atomic E-state index is 12.8. The van der Waals surface area contributed by atoms with Gasteiger partial charge >= 0.3 is 0 Å². The first-order chi connectivity index (χ1) is 10.8. The second-order valence-electron chi connectivity index (χ2n) is 5.72. The van der Waals surface area contributed by atoms with E-state index in [9.17, 15) is 4.79 Å². The van der Waals surface area contributed by atoms with Crippen LogP contribution in [0.2, 0.25) is 0 Å². The van der Waals surface area contributed by atoms with Gasteiger partial charge in [0.05, 0.1) is 5.69 Å². The van der Waals surface area contributed by atoms with Gasteiger partial charge in [0.1, 0.15) is 0 Å². The number of carbonyl (C=O) groups excluding carboxylic acids is 1. The fraction of sp³-hybridized carbons (Fsp3) is 0.333. The Morgan fingerprint density at radius 2 is 2.04 bits per heavy atom. The number of benzene rings is 1. The van der Waals surface area contributed by atoms with Gasteiger partial charge in [-0.15, -0.1) is 12.4 Å². The van der Waals surface area contributed by atoms with Crippen LogP contribution in [-0.2, 0) is 13.0 Å². The normalized spacial score (nSPS) is 16.9. The summed E-state index contributed by atoms with van der Waals surface area (Å²) in [6, 6.07) is 14.2. The van der Waals surface area contributed by atoms with Gasteiger partial charge in [0, 0.05) is 30.9 Å². The van der Waals surface area contributed by atoms with E-state index in [4.69, 9.17) is 5.73 Å². The summed E-state index contributed by atoms with van der Waals surface area (Å²) in [5.41, 5.74) is 8.34. The van der Waals surface area contributed by atoms with Crippen LogP contribution in [0.1, 0.15) is 34.5 Å². The van der Waals surface area contributed by atoms with Crippen LogP contribution in [0, 0.1) is 0 Å². The molecule has 1 aliphatic rings. The minimum absolute atomic E-state index is 0. The summed E-state index contributed by atoms with van der Waals surface area (Å²) >= 11 is 0. The van der Waals surface area contributed by atoms with E-state index in [1.165, 1.54) is 5.56 Å². The van der Waals surface area contributed by atoms with Crippen molar-refractivity contribution in [2.75, 3.05) is 6.54 Å². The van der Waals surface area contributed by atoms with Gasteiger partial charge in [-0.1, -0.05) is 30.3 Å². The first-order valence-electron chi connectivity index (χ1n) is 7.78. The Kier molecular flexibility index (Phi) is 6.13. The number of likely N-dealkylation sites (tertiary alicyclic amines) is 1. The van der Waals surface area contributed by atoms with Crippen LogP contribution in [0.5, 0.6) is 0 Å². The average Bonchev–Trinajstić information content (AvgIpc) is 3.03. The molecule has 23 heavy (non-hydrogen) atoms. The number of carbonyl (C=O) groups is 1. The molecule has 1 saturated heterocycles. The summed E-state index contributed by atoms with van der Waals surface area (Å²) in [5, 5.41) is 0. The van der Waals surface area contributed by atoms with Gasteiger partial charge in [-0.2, -0.15) is 0 Å². The van der Waals surface area contributed by atoms with Crippen molar-refractivity contribution < 1.29 is 4.79 Å². The third-order valence-corrected chi connectivity index (χ3v) is 4.22. The molecule has 0 spiro atoms. The summed E-state index contributed by atoms with van der Waals surface area (Å²) in [6.45, 7) is 1.19. The Labute approximate surface area is 143 Å². The lowest BCUT2D eigenvalue weighted by molar-refractivity contribution is 0.0736. The SMILES string of the molecule is Cl.NCc1cc(C(=O)N2CCCC2Cc2ccccc2)ccn1. The molecule has 2 N–H and O–H groups in total. The van der Waals surface area contributed by atoms with Gasteiger partial charge in [0.15, 0.2) is 0 Å². The molecule has 0 saturated carbocycles. The molecule has 1 unspecified atom stereocenters. The molecular weight excluding hydrogens is 310 g/mol. The van der Waals surface area contributed by atoms with Crippen molar-refractivity contribution in [1.29, 1.82) is 0 Å². The molecule has 2 heterocycles. The number of rotatable bonds is 4. The van der Waals surface area contributed by atoms with Crippen LogP contribution >= 0.6 is 12.4 Å². The minimum atomic E-state index is 0. The first kappa shape index (κ1) is 17.4. The number of nitrogens with two attached hydrogens (primary N) is 1. The number of aromatic nitrogens is 1. The van der Waals surface area contributed by atoms with Crippen molar-refractivity contribution >= 4 is 18.3 Å². The van der Waals surface area contributed by atoms with E-state index < -0.39 is 0 Å². The number of nitrogens with zero attached hydrogens (tertiary/aromatic N) is 2. The zero-order valence-corrected chi connectivity index (χ0v) is 13.8. The van der Waals surface area contributed by atoms with Crippen molar-refractivity contribution in [2.24, 2.45) is 5.73 Å². The summed E-state index contributed by atoms with van der Waals surface area (Å²) < 4.78 is 0. The Hall–Kier alpha value is -1.91. The highest BCUT2D eigenvalue weighted by Gasteiger charge is 2.29. The molecule has 1 aromatic heterocycles. The summed E-state index contributed by atoms with van der Waals surface area (Å²) in [7, 11) is 0. The molecule has 3 rings (SSSR count). The van der Waals surface area contributed by atoms with Crippen molar-refractivity contribution in [3.63, 3.8) is 0 Å². The molecule has 1 fully saturated rings. The van der Waals surface area contributed by atoms with Crippen LogP contribution in [0.3, 0.4) is 0 Å². The van der Waals surface area contributed by atoms with E-state index in [-0.39, 0.29) is 24.4 Å². The molecule has 5 heteroatoms. The van der Waals surface area contributed by atoms with E-state index in [2.05, 4.69) is 17.1 Å². The maximum absolute atomic E-state index is 12.8. The quantitative estimate of drug-likeness (QED) is 0.937. The predicted octanol–water partition coefficient (Wildman–Crippen LogP) is 2.81. The maximum Gasteiger partial charge on any atom is 0.254 e. The first-order valence-corrected chi connectivity index (χ1v) is 7.78. The van der Waals surface area contributed by atoms with Crippen molar-refractivity contribution in [2.45, 2.75) is 31.8 Å². The van der Waals surface area contributed by atoms with Gasteiger partial charge in [-0.05, 0) is 37.0 Å². The molecule has 1 aliphatic heterocycles. The number of amides is 1. The molecule has 1 amide bonds. The lowest BCUT2D eigenvalue weighted by atomic mass is 10.0. The van der Waals surface area contributed by atoms with Crippen LogP contribution in [0.25, 0.3) is 0 Å². The third kappa shape index (κ3) is 4.09. The van der Waals surface area contributed by atoms with Gasteiger partial charge in [0.2, 0.25) is 0 Å². The number of halogens is 1. The van der Waals surface area contributed by atoms with Gasteiger partial charge in [-0.3, -0.25) is 9.78 Å². The van der Waals surface area contributed by atoms with Gasteiger partial charge in [-0.25, -0.2) is 0 Å². The molecule has 0 bridgehead atoms. The highest BCUT2D eigenvalue weighted by Crippen LogP contribution is 2.23. The number of hydrogen-bond donors (Lipinski definition) is 1. The fourth-order valence-electron chi connectivity index (χ4n) is 3.09. The standard InChI is InChI=1S/C18H21N3O.ClH/c19-13-16-12-15(8-9-20-16)18(22)21-10-4-7-17(21)11-14-5-2-1-3-6-14;/h1-3,5-6,8-9,12,17H,4,7,10-11,13,19H2;1H. The van der Waals surface area contributed by atoms with Crippen molar-refractivity contribution in [3.05, 3.63) is 65.5 Å². The number of pyridine rings is 1. The van der Waals surface area contributed by atoms with E-state index in [1.54, 1.807) is 18.3 Å². The molecule has 122 valence electrons. The van der Waals surface area contributed by atoms with Gasteiger partial charge < -0.3 is 10.6 Å². The van der Waals surface area contributed by atoms with E-state index in [1.807, 2.05) is 23.1 Å². The Morgan fingerprint density at radius 1 is 1.26 bits per heavy atom. The summed E-state index contributed by atoms with van der Waals surface area (Å²) in [4.78, 5) is 18.9. The fourth-order valence-corrected chi connectivity index (χ4v) is 3.09. The Balaban J connectivity index is 0.00000192. The molecule has 0 radical (unpaired) electrons. The Bertz CT molecular complexity index is 648. The summed E-state index contributed by atoms with van der Waals surface area (Å²) in [5.74, 6) is 0.0931. The minimum Gasteiger partial charge on any atom is -0.335 e. The topological polar surface area (TPSA) is 59.2 Å². The van der Waals surface area contributed by atoms with Crippen LogP contribution in [0.4, 0.5) is 0 Å². The molecular formula is C18H22ClN3O. The van der Waals surface area contributed by atoms with Crippen LogP contribution < -0.4 is 5.73 Å². The highest BCUT2D eigenvalue weighted by atomic mass is 35.5. The second kappa shape index (κ2) is 8.09. The number of hydrogen-bond acceptors (Lipinski definition) is 3. The lowest BCUT2D eigenvalue weighted by Crippen LogP contribution is -2.36. The zero-order chi connectivity index (χ0) is 15.4. The third-order valence-electron chi connectivity index (χ3n) is 4.22. The Morgan fingerprint density at radius 3 is 2.78 bits per heavy atom. The smallest absolute Gasteiger partial charge is 0.254 e. The molecule has 2 aromatic rings. The molecule has 0 aliphatic carbocycles. The molecule has 4 nitrogen and oxygen atoms in total. The average molecular weight is 332 g/mol. The van der Waals surface area contributed by atoms with Crippen molar-refractivity contribution in [1.82, 2.24) is 9.88 Å². The summed E-state index contributed by atoms with van der Waals surface area (Å²) in [6.07, 6.45) is 4.71. The van der Waals surface area contributed by atoms with E-state index >= 15 is 0 Å². The predicted molar refractivity (Wildman–Crippen MR) is 93.6 cm³/mol. The largest absolute Gasteiger partial charge is 0.335 e. The molecule has 1 atom stereocenters. The monoisotopic (exact) mass is 331 g/mol. The molecule has 1 aromatic carbocycles. The van der Waals surface area contributed by atoms with Crippen LogP contribution in [-0.4, -0.2) is 28.4 Å². The van der Waals surface area contributed by atoms with Crippen molar-refractivity contribution in [3.8, 4) is 0 Å². The van der Waals surface area contributed by atoms with Crippen LogP contribution in [0.15, 0.2) is 48.7 Å². The van der Waals surface area contributed by atoms with E-state index in [0.29, 0.717) is 12.1 Å². The second-order valence-corrected chi connectivity index (χ2v) is 5.72. The lowest BCUT2D eigenvalue weighted by Gasteiger charge is -2.25. The zero-order valence-electron chi connectivity index (χ0n) is 13.0. The van der Waals surface area contributed by atoms with Gasteiger partial charge in [0.25, 0.3) is 5.91 Å². The highest BCUT2D eigenvalue weighted by molar-refractivity contribution is 5.94.